The Morgan fingerprint density at radius 1 is 1.00 bits per heavy atom. The molecule has 2 saturated heterocycles. The molecule has 2 aromatic heterocycles. The van der Waals surface area contributed by atoms with Crippen molar-refractivity contribution in [2.75, 3.05) is 13.1 Å². The third-order valence-electron chi connectivity index (χ3n) is 6.02. The summed E-state index contributed by atoms with van der Waals surface area (Å²) in [4.78, 5) is 36.4. The fourth-order valence-electron chi connectivity index (χ4n) is 4.58. The van der Waals surface area contributed by atoms with E-state index in [-0.39, 0.29) is 24.5 Å². The Morgan fingerprint density at radius 2 is 1.68 bits per heavy atom. The lowest BCUT2D eigenvalue weighted by Crippen LogP contribution is -2.51. The Balaban J connectivity index is 1.44. The van der Waals surface area contributed by atoms with Crippen LogP contribution in [0.1, 0.15) is 6.42 Å². The second kappa shape index (κ2) is 7.70. The van der Waals surface area contributed by atoms with Gasteiger partial charge in [0.1, 0.15) is 6.54 Å². The predicted molar refractivity (Wildman–Crippen MR) is 115 cm³/mol. The third kappa shape index (κ3) is 3.53. The largest absolute Gasteiger partial charge is 0.465 e. The van der Waals surface area contributed by atoms with Crippen LogP contribution in [0.25, 0.3) is 22.5 Å². The lowest BCUT2D eigenvalue weighted by Gasteiger charge is -2.32. The Morgan fingerprint density at radius 3 is 2.32 bits per heavy atom. The number of carbonyl (C=O) groups is 2. The van der Waals surface area contributed by atoms with Gasteiger partial charge in [-0.3, -0.25) is 9.78 Å². The van der Waals surface area contributed by atoms with Gasteiger partial charge in [0.15, 0.2) is 0 Å². The molecule has 0 aliphatic carbocycles. The van der Waals surface area contributed by atoms with Crippen molar-refractivity contribution in [3.8, 4) is 22.5 Å². The number of pyridine rings is 1. The van der Waals surface area contributed by atoms with Gasteiger partial charge < -0.3 is 19.5 Å². The Kier molecular flexibility index (Phi) is 4.86. The molecular weight excluding hydrogens is 418 g/mol. The maximum absolute atomic E-state index is 13.1. The van der Waals surface area contributed by atoms with Gasteiger partial charge in [-0.15, -0.1) is 0 Å². The molecule has 2 aliphatic rings. The molecule has 0 spiro atoms. The number of piperazine rings is 1. The van der Waals surface area contributed by atoms with Crippen molar-refractivity contribution < 1.29 is 14.7 Å². The smallest absolute Gasteiger partial charge is 0.407 e. The lowest BCUT2D eigenvalue weighted by atomic mass is 10.1. The number of halogens is 1. The second-order valence-corrected chi connectivity index (χ2v) is 8.27. The monoisotopic (exact) mass is 437 g/mol. The molecule has 2 aliphatic heterocycles. The topological polar surface area (TPSA) is 91.6 Å². The summed E-state index contributed by atoms with van der Waals surface area (Å²) in [6, 6.07) is 11.0. The van der Waals surface area contributed by atoms with Gasteiger partial charge >= 0.3 is 6.09 Å². The zero-order valence-corrected chi connectivity index (χ0v) is 17.3. The van der Waals surface area contributed by atoms with Gasteiger partial charge in [0.05, 0.1) is 29.8 Å². The van der Waals surface area contributed by atoms with E-state index >= 15 is 0 Å². The summed E-state index contributed by atoms with van der Waals surface area (Å²) >= 11 is 6.04. The Bertz CT molecular complexity index is 1130. The molecule has 0 radical (unpaired) electrons. The van der Waals surface area contributed by atoms with Crippen molar-refractivity contribution >= 4 is 23.6 Å². The number of rotatable bonds is 4. The van der Waals surface area contributed by atoms with Crippen molar-refractivity contribution in [3.63, 3.8) is 0 Å². The van der Waals surface area contributed by atoms with Crippen LogP contribution in [0, 0.1) is 0 Å². The molecule has 3 aromatic rings. The van der Waals surface area contributed by atoms with Crippen LogP contribution in [0.5, 0.6) is 0 Å². The average Bonchev–Trinajstić information content (AvgIpc) is 3.49. The summed E-state index contributed by atoms with van der Waals surface area (Å²) in [6.07, 6.45) is 4.88. The standard InChI is InChI=1S/C22H20ClN5O3/c23-16-3-1-14(2-4-16)20-21(15-5-7-24-8-6-15)26(13-25-20)12-19(29)27-10-18-9-17(27)11-28(18)22(30)31/h1-8,13,17-18H,9-12H2,(H,30,31)/t17-,18-/m1/s1. The summed E-state index contributed by atoms with van der Waals surface area (Å²) in [5.41, 5.74) is 3.40. The van der Waals surface area contributed by atoms with Gasteiger partial charge in [0.2, 0.25) is 5.91 Å². The van der Waals surface area contributed by atoms with E-state index in [1.165, 1.54) is 4.90 Å². The van der Waals surface area contributed by atoms with E-state index in [9.17, 15) is 14.7 Å². The van der Waals surface area contributed by atoms with E-state index < -0.39 is 6.09 Å². The quantitative estimate of drug-likeness (QED) is 0.676. The number of likely N-dealkylation sites (tertiary alicyclic amines) is 2. The van der Waals surface area contributed by atoms with Crippen molar-refractivity contribution in [2.45, 2.75) is 25.0 Å². The summed E-state index contributed by atoms with van der Waals surface area (Å²) in [7, 11) is 0. The Hall–Kier alpha value is -3.39. The van der Waals surface area contributed by atoms with Crippen LogP contribution in [-0.4, -0.2) is 66.6 Å². The molecule has 31 heavy (non-hydrogen) atoms. The maximum atomic E-state index is 13.1. The lowest BCUT2D eigenvalue weighted by molar-refractivity contribution is -0.134. The van der Waals surface area contributed by atoms with Crippen LogP contribution in [0.3, 0.4) is 0 Å². The number of benzene rings is 1. The first-order valence-electron chi connectivity index (χ1n) is 10.0. The second-order valence-electron chi connectivity index (χ2n) is 7.84. The minimum absolute atomic E-state index is 0.0344. The van der Waals surface area contributed by atoms with Crippen molar-refractivity contribution in [1.82, 2.24) is 24.3 Å². The number of carbonyl (C=O) groups excluding carboxylic acids is 1. The number of aromatic nitrogens is 3. The zero-order valence-electron chi connectivity index (χ0n) is 16.6. The first kappa shape index (κ1) is 19.6. The summed E-state index contributed by atoms with van der Waals surface area (Å²) in [5.74, 6) is -0.0344. The maximum Gasteiger partial charge on any atom is 0.407 e. The number of imidazole rings is 1. The molecule has 2 amide bonds. The van der Waals surface area contributed by atoms with Crippen LogP contribution < -0.4 is 0 Å². The van der Waals surface area contributed by atoms with Crippen LogP contribution in [-0.2, 0) is 11.3 Å². The van der Waals surface area contributed by atoms with Crippen LogP contribution in [0.15, 0.2) is 55.1 Å². The van der Waals surface area contributed by atoms with Gasteiger partial charge in [0.25, 0.3) is 0 Å². The molecule has 0 unspecified atom stereocenters. The van der Waals surface area contributed by atoms with E-state index in [0.717, 1.165) is 22.5 Å². The fourth-order valence-corrected chi connectivity index (χ4v) is 4.70. The minimum Gasteiger partial charge on any atom is -0.465 e. The summed E-state index contributed by atoms with van der Waals surface area (Å²) in [6.45, 7) is 0.955. The van der Waals surface area contributed by atoms with E-state index in [0.29, 0.717) is 24.5 Å². The van der Waals surface area contributed by atoms with Crippen molar-refractivity contribution in [1.29, 1.82) is 0 Å². The van der Waals surface area contributed by atoms with Crippen LogP contribution in [0.4, 0.5) is 4.79 Å². The van der Waals surface area contributed by atoms with Gasteiger partial charge in [-0.25, -0.2) is 9.78 Å². The van der Waals surface area contributed by atoms with Crippen LogP contribution >= 0.6 is 11.6 Å². The first-order valence-corrected chi connectivity index (χ1v) is 10.4. The van der Waals surface area contributed by atoms with Gasteiger partial charge in [-0.05, 0) is 30.7 Å². The third-order valence-corrected chi connectivity index (χ3v) is 6.27. The molecule has 0 saturated carbocycles. The first-order chi connectivity index (χ1) is 15.0. The number of hydrogen-bond donors (Lipinski definition) is 1. The van der Waals surface area contributed by atoms with Gasteiger partial charge in [0, 0.05) is 41.6 Å². The van der Waals surface area contributed by atoms with E-state index in [1.54, 1.807) is 18.7 Å². The molecular formula is C22H20ClN5O3. The highest BCUT2D eigenvalue weighted by Gasteiger charge is 2.47. The molecule has 2 bridgehead atoms. The Labute approximate surface area is 183 Å². The van der Waals surface area contributed by atoms with Crippen LogP contribution in [0.2, 0.25) is 5.02 Å². The van der Waals surface area contributed by atoms with E-state index in [4.69, 9.17) is 11.6 Å². The molecule has 9 heteroatoms. The number of amides is 2. The molecule has 2 fully saturated rings. The van der Waals surface area contributed by atoms with Gasteiger partial charge in [-0.1, -0.05) is 23.7 Å². The highest BCUT2D eigenvalue weighted by Crippen LogP contribution is 2.33. The van der Waals surface area contributed by atoms with Gasteiger partial charge in [-0.2, -0.15) is 0 Å². The van der Waals surface area contributed by atoms with E-state index in [2.05, 4.69) is 9.97 Å². The number of nitrogens with zero attached hydrogens (tertiary/aromatic N) is 5. The normalized spacial score (nSPS) is 19.8. The molecule has 4 heterocycles. The highest BCUT2D eigenvalue weighted by atomic mass is 35.5. The molecule has 158 valence electrons. The van der Waals surface area contributed by atoms with E-state index in [1.807, 2.05) is 45.9 Å². The summed E-state index contributed by atoms with van der Waals surface area (Å²) in [5, 5.41) is 9.92. The predicted octanol–water partition coefficient (Wildman–Crippen LogP) is 3.23. The van der Waals surface area contributed by atoms with Crippen molar-refractivity contribution in [2.24, 2.45) is 0 Å². The molecule has 2 atom stereocenters. The SMILES string of the molecule is O=C(O)N1C[C@H]2C[C@@H]1CN2C(=O)Cn1cnc(-c2ccc(Cl)cc2)c1-c1ccncc1. The summed E-state index contributed by atoms with van der Waals surface area (Å²) < 4.78 is 1.85. The number of carboxylic acid groups (broad SMARTS) is 1. The van der Waals surface area contributed by atoms with Crippen molar-refractivity contribution in [3.05, 3.63) is 60.1 Å². The molecule has 1 aromatic carbocycles. The fraction of sp³-hybridized carbons (Fsp3) is 0.273. The zero-order chi connectivity index (χ0) is 21.5. The molecule has 8 nitrogen and oxygen atoms in total. The minimum atomic E-state index is -0.915. The molecule has 5 rings (SSSR count). The highest BCUT2D eigenvalue weighted by molar-refractivity contribution is 6.30. The average molecular weight is 438 g/mol. The number of hydrogen-bond acceptors (Lipinski definition) is 4. The number of fused-ring (bicyclic) bond motifs is 2. The molecule has 1 N–H and O–H groups in total.